The number of fused-ring (bicyclic) bond motifs is 1. The Balaban J connectivity index is 1.68. The molecular weight excluding hydrogens is 364 g/mol. The molecule has 2 heterocycles. The smallest absolute Gasteiger partial charge is 0.191 e. The molecule has 7 nitrogen and oxygen atoms in total. The summed E-state index contributed by atoms with van der Waals surface area (Å²) in [6.45, 7) is 3.74. The van der Waals surface area contributed by atoms with Crippen LogP contribution in [0.25, 0.3) is 5.65 Å². The second kappa shape index (κ2) is 9.34. The molecule has 3 rings (SSSR count). The van der Waals surface area contributed by atoms with Gasteiger partial charge in [-0.2, -0.15) is 0 Å². The first kappa shape index (κ1) is 19.1. The summed E-state index contributed by atoms with van der Waals surface area (Å²) in [6.07, 6.45) is 1.79. The predicted octanol–water partition coefficient (Wildman–Crippen LogP) is 2.83. The van der Waals surface area contributed by atoms with Crippen molar-refractivity contribution in [1.82, 2.24) is 25.2 Å². The third-order valence-electron chi connectivity index (χ3n) is 4.07. The van der Waals surface area contributed by atoms with Gasteiger partial charge >= 0.3 is 0 Å². The second-order valence-electron chi connectivity index (χ2n) is 5.90. The number of nitrogens with one attached hydrogen (secondary N) is 2. The van der Waals surface area contributed by atoms with Crippen LogP contribution in [0, 0.1) is 0 Å². The minimum atomic E-state index is -0.138. The monoisotopic (exact) mass is 386 g/mol. The van der Waals surface area contributed by atoms with Crippen molar-refractivity contribution in [3.8, 4) is 0 Å². The van der Waals surface area contributed by atoms with Crippen LogP contribution in [-0.4, -0.2) is 40.8 Å². The maximum absolute atomic E-state index is 6.09. The molecule has 0 bridgehead atoms. The van der Waals surface area contributed by atoms with E-state index in [0.717, 1.165) is 23.6 Å². The Morgan fingerprint density at radius 2 is 2.11 bits per heavy atom. The molecule has 0 spiro atoms. The lowest BCUT2D eigenvalue weighted by atomic mass is 10.1. The van der Waals surface area contributed by atoms with Crippen LogP contribution in [0.15, 0.2) is 53.7 Å². The molecule has 0 aliphatic heterocycles. The first-order valence-electron chi connectivity index (χ1n) is 8.80. The van der Waals surface area contributed by atoms with Gasteiger partial charge in [0, 0.05) is 31.4 Å². The number of benzene rings is 1. The summed E-state index contributed by atoms with van der Waals surface area (Å²) < 4.78 is 7.53. The van der Waals surface area contributed by atoms with Gasteiger partial charge < -0.3 is 15.4 Å². The predicted molar refractivity (Wildman–Crippen MR) is 107 cm³/mol. The van der Waals surface area contributed by atoms with Crippen LogP contribution >= 0.6 is 11.6 Å². The number of nitrogens with zero attached hydrogens (tertiary/aromatic N) is 4. The number of guanidine groups is 1. The highest BCUT2D eigenvalue weighted by Gasteiger charge is 2.12. The van der Waals surface area contributed by atoms with E-state index < -0.39 is 0 Å². The van der Waals surface area contributed by atoms with Crippen molar-refractivity contribution in [2.24, 2.45) is 4.99 Å². The third-order valence-corrected chi connectivity index (χ3v) is 4.30. The fourth-order valence-electron chi connectivity index (χ4n) is 2.72. The fraction of sp³-hybridized carbons (Fsp3) is 0.316. The highest BCUT2D eigenvalue weighted by molar-refractivity contribution is 6.30. The van der Waals surface area contributed by atoms with Gasteiger partial charge in [-0.3, -0.25) is 4.40 Å². The molecule has 0 saturated heterocycles. The van der Waals surface area contributed by atoms with Crippen LogP contribution in [0.1, 0.15) is 24.4 Å². The summed E-state index contributed by atoms with van der Waals surface area (Å²) in [4.78, 5) is 4.61. The first-order valence-corrected chi connectivity index (χ1v) is 9.18. The highest BCUT2D eigenvalue weighted by atomic mass is 35.5. The average Bonchev–Trinajstić information content (AvgIpc) is 3.10. The van der Waals surface area contributed by atoms with Gasteiger partial charge in [0.25, 0.3) is 0 Å². The molecule has 0 saturated carbocycles. The number of hydrogen-bond donors (Lipinski definition) is 2. The molecule has 0 radical (unpaired) electrons. The van der Waals surface area contributed by atoms with Gasteiger partial charge in [-0.05, 0) is 36.8 Å². The second-order valence-corrected chi connectivity index (χ2v) is 6.34. The average molecular weight is 387 g/mol. The lowest BCUT2D eigenvalue weighted by Gasteiger charge is -2.19. The van der Waals surface area contributed by atoms with E-state index in [1.807, 2.05) is 60.0 Å². The normalized spacial score (nSPS) is 12.9. The van der Waals surface area contributed by atoms with E-state index in [-0.39, 0.29) is 6.10 Å². The Hall–Kier alpha value is -2.64. The van der Waals surface area contributed by atoms with Gasteiger partial charge in [-0.1, -0.05) is 29.8 Å². The molecule has 0 aliphatic carbocycles. The number of aliphatic imine (C=N–C) groups is 1. The summed E-state index contributed by atoms with van der Waals surface area (Å²) in [5.74, 6) is 1.47. The molecule has 0 aliphatic rings. The molecule has 8 heteroatoms. The summed E-state index contributed by atoms with van der Waals surface area (Å²) >= 11 is 6.09. The third kappa shape index (κ3) is 4.96. The Morgan fingerprint density at radius 3 is 2.89 bits per heavy atom. The standard InChI is InChI=1S/C19H23ClN6O/c1-3-21-19(22-12-16(27-2)14-7-6-8-15(20)11-14)23-13-18-25-24-17-9-4-5-10-26(17)18/h4-11,16H,3,12-13H2,1-2H3,(H2,21,22,23). The number of hydrogen-bond acceptors (Lipinski definition) is 4. The van der Waals surface area contributed by atoms with Gasteiger partial charge in [0.05, 0.1) is 6.10 Å². The van der Waals surface area contributed by atoms with E-state index in [1.54, 1.807) is 7.11 Å². The lowest BCUT2D eigenvalue weighted by molar-refractivity contribution is 0.106. The minimum Gasteiger partial charge on any atom is -0.375 e. The Kier molecular flexibility index (Phi) is 6.62. The van der Waals surface area contributed by atoms with E-state index in [0.29, 0.717) is 24.1 Å². The van der Waals surface area contributed by atoms with Crippen molar-refractivity contribution < 1.29 is 4.74 Å². The van der Waals surface area contributed by atoms with E-state index in [4.69, 9.17) is 16.3 Å². The molecule has 1 atom stereocenters. The van der Waals surface area contributed by atoms with Gasteiger partial charge in [0.15, 0.2) is 17.4 Å². The molecule has 0 fully saturated rings. The number of methoxy groups -OCH3 is 1. The quantitative estimate of drug-likeness (QED) is 0.482. The zero-order chi connectivity index (χ0) is 19.1. The van der Waals surface area contributed by atoms with Crippen LogP contribution in [0.4, 0.5) is 0 Å². The summed E-state index contributed by atoms with van der Waals surface area (Å²) in [7, 11) is 1.68. The minimum absolute atomic E-state index is 0.138. The topological polar surface area (TPSA) is 75.8 Å². The van der Waals surface area contributed by atoms with E-state index in [9.17, 15) is 0 Å². The van der Waals surface area contributed by atoms with Crippen molar-refractivity contribution >= 4 is 23.2 Å². The van der Waals surface area contributed by atoms with Crippen molar-refractivity contribution in [1.29, 1.82) is 0 Å². The summed E-state index contributed by atoms with van der Waals surface area (Å²) in [6, 6.07) is 13.5. The van der Waals surface area contributed by atoms with Crippen LogP contribution in [0.5, 0.6) is 0 Å². The zero-order valence-corrected chi connectivity index (χ0v) is 16.1. The molecule has 27 heavy (non-hydrogen) atoms. The number of pyridine rings is 1. The van der Waals surface area contributed by atoms with Crippen LogP contribution in [0.2, 0.25) is 5.02 Å². The summed E-state index contributed by atoms with van der Waals surface area (Å²) in [5.41, 5.74) is 1.82. The molecule has 3 aromatic rings. The molecule has 0 amide bonds. The van der Waals surface area contributed by atoms with Crippen LogP contribution < -0.4 is 10.6 Å². The zero-order valence-electron chi connectivity index (χ0n) is 15.4. The first-order chi connectivity index (χ1) is 13.2. The van der Waals surface area contributed by atoms with E-state index >= 15 is 0 Å². The SMILES string of the molecule is CCNC(=NCc1nnc2ccccn12)NCC(OC)c1cccc(Cl)c1. The van der Waals surface area contributed by atoms with Crippen molar-refractivity contribution in [3.05, 3.63) is 65.1 Å². The number of ether oxygens (including phenoxy) is 1. The van der Waals surface area contributed by atoms with Crippen LogP contribution in [-0.2, 0) is 11.3 Å². The Bertz CT molecular complexity index is 910. The van der Waals surface area contributed by atoms with Crippen molar-refractivity contribution in [3.63, 3.8) is 0 Å². The number of rotatable bonds is 7. The highest BCUT2D eigenvalue weighted by Crippen LogP contribution is 2.19. The van der Waals surface area contributed by atoms with Crippen molar-refractivity contribution in [2.75, 3.05) is 20.2 Å². The molecule has 1 unspecified atom stereocenters. The largest absolute Gasteiger partial charge is 0.375 e. The molecule has 142 valence electrons. The van der Waals surface area contributed by atoms with Crippen LogP contribution in [0.3, 0.4) is 0 Å². The molecule has 2 aromatic heterocycles. The number of halogens is 1. The number of aromatic nitrogens is 3. The van der Waals surface area contributed by atoms with E-state index in [1.165, 1.54) is 0 Å². The maximum Gasteiger partial charge on any atom is 0.191 e. The Labute approximate surface area is 163 Å². The van der Waals surface area contributed by atoms with E-state index in [2.05, 4.69) is 25.8 Å². The molecule has 2 N–H and O–H groups in total. The lowest BCUT2D eigenvalue weighted by Crippen LogP contribution is -2.39. The molecular formula is C19H23ClN6O. The van der Waals surface area contributed by atoms with Crippen molar-refractivity contribution in [2.45, 2.75) is 19.6 Å². The maximum atomic E-state index is 6.09. The van der Waals surface area contributed by atoms with Gasteiger partial charge in [0.1, 0.15) is 6.54 Å². The van der Waals surface area contributed by atoms with Gasteiger partial charge in [-0.25, -0.2) is 4.99 Å². The van der Waals surface area contributed by atoms with Gasteiger partial charge in [-0.15, -0.1) is 10.2 Å². The Morgan fingerprint density at radius 1 is 1.22 bits per heavy atom. The van der Waals surface area contributed by atoms with Gasteiger partial charge in [0.2, 0.25) is 0 Å². The molecule has 1 aromatic carbocycles. The summed E-state index contributed by atoms with van der Waals surface area (Å²) in [5, 5.41) is 15.6. The fourth-order valence-corrected chi connectivity index (χ4v) is 2.92.